The van der Waals surface area contributed by atoms with Gasteiger partial charge in [-0.3, -0.25) is 0 Å². The van der Waals surface area contributed by atoms with Crippen molar-refractivity contribution < 1.29 is 9.50 Å². The monoisotopic (exact) mass is 232 g/mol. The molecule has 0 saturated carbocycles. The Morgan fingerprint density at radius 1 is 1.40 bits per heavy atom. The topological polar surface area (TPSA) is 58.3 Å². The fraction of sp³-hybridized carbons (Fsp3) is 0.400. The van der Waals surface area contributed by atoms with E-state index in [9.17, 15) is 4.39 Å². The molecule has 0 atom stereocenters. The molecule has 84 valence electrons. The van der Waals surface area contributed by atoms with Crippen LogP contribution in [0.3, 0.4) is 0 Å². The maximum Gasteiger partial charge on any atom is 0.143 e. The van der Waals surface area contributed by atoms with Crippen LogP contribution in [0, 0.1) is 5.82 Å². The highest BCUT2D eigenvalue weighted by molar-refractivity contribution is 6.31. The van der Waals surface area contributed by atoms with Gasteiger partial charge in [-0.2, -0.15) is 0 Å². The van der Waals surface area contributed by atoms with Gasteiger partial charge in [0.2, 0.25) is 0 Å². The lowest BCUT2D eigenvalue weighted by Crippen LogP contribution is -2.05. The third-order valence-electron chi connectivity index (χ3n) is 1.99. The van der Waals surface area contributed by atoms with Gasteiger partial charge in [-0.15, -0.1) is 0 Å². The van der Waals surface area contributed by atoms with Gasteiger partial charge in [0.1, 0.15) is 5.82 Å². The van der Waals surface area contributed by atoms with Gasteiger partial charge in [0, 0.05) is 19.2 Å². The summed E-state index contributed by atoms with van der Waals surface area (Å²) < 4.78 is 12.9. The van der Waals surface area contributed by atoms with E-state index >= 15 is 0 Å². The fourth-order valence-electron chi connectivity index (χ4n) is 1.18. The summed E-state index contributed by atoms with van der Waals surface area (Å²) in [6, 6.07) is 2.65. The molecular formula is C10H14ClFN2O. The smallest absolute Gasteiger partial charge is 0.143 e. The third kappa shape index (κ3) is 3.57. The minimum absolute atomic E-state index is 0.0499. The highest BCUT2D eigenvalue weighted by Crippen LogP contribution is 2.26. The lowest BCUT2D eigenvalue weighted by atomic mass is 10.2. The van der Waals surface area contributed by atoms with Crippen molar-refractivity contribution in [3.63, 3.8) is 0 Å². The molecular weight excluding hydrogens is 219 g/mol. The molecule has 0 aromatic heterocycles. The SMILES string of the molecule is Nc1cc(F)c(Cl)cc1NCCCCO. The second-order valence-corrected chi connectivity index (χ2v) is 3.62. The molecule has 0 aliphatic heterocycles. The van der Waals surface area contributed by atoms with Crippen LogP contribution in [0.5, 0.6) is 0 Å². The Hall–Kier alpha value is -1.00. The van der Waals surface area contributed by atoms with Crippen LogP contribution < -0.4 is 11.1 Å². The molecule has 4 N–H and O–H groups in total. The van der Waals surface area contributed by atoms with E-state index in [1.165, 1.54) is 12.1 Å². The number of aliphatic hydroxyl groups excluding tert-OH is 1. The fourth-order valence-corrected chi connectivity index (χ4v) is 1.34. The predicted molar refractivity (Wildman–Crippen MR) is 60.6 cm³/mol. The van der Waals surface area contributed by atoms with Crippen LogP contribution in [0.1, 0.15) is 12.8 Å². The number of benzene rings is 1. The van der Waals surface area contributed by atoms with Gasteiger partial charge in [0.25, 0.3) is 0 Å². The molecule has 1 aromatic carbocycles. The Morgan fingerprint density at radius 3 is 2.80 bits per heavy atom. The molecule has 0 aliphatic rings. The highest BCUT2D eigenvalue weighted by atomic mass is 35.5. The molecule has 3 nitrogen and oxygen atoms in total. The molecule has 0 bridgehead atoms. The number of rotatable bonds is 5. The zero-order valence-electron chi connectivity index (χ0n) is 8.26. The zero-order valence-corrected chi connectivity index (χ0v) is 9.02. The summed E-state index contributed by atoms with van der Waals surface area (Å²) in [7, 11) is 0. The molecule has 1 rings (SSSR count). The van der Waals surface area contributed by atoms with Crippen molar-refractivity contribution in [2.75, 3.05) is 24.2 Å². The van der Waals surface area contributed by atoms with Crippen LogP contribution in [0.2, 0.25) is 5.02 Å². The summed E-state index contributed by atoms with van der Waals surface area (Å²) in [5.41, 5.74) is 6.55. The van der Waals surface area contributed by atoms with E-state index < -0.39 is 5.82 Å². The first kappa shape index (κ1) is 12.1. The summed E-state index contributed by atoms with van der Waals surface area (Å²) in [5, 5.41) is 11.7. The van der Waals surface area contributed by atoms with E-state index in [1.54, 1.807) is 0 Å². The highest BCUT2D eigenvalue weighted by Gasteiger charge is 2.05. The molecule has 5 heteroatoms. The van der Waals surface area contributed by atoms with E-state index in [0.717, 1.165) is 12.8 Å². The summed E-state index contributed by atoms with van der Waals surface area (Å²) >= 11 is 5.62. The zero-order chi connectivity index (χ0) is 11.3. The first-order valence-electron chi connectivity index (χ1n) is 4.74. The average Bonchev–Trinajstić information content (AvgIpc) is 2.20. The Balaban J connectivity index is 2.57. The van der Waals surface area contributed by atoms with Gasteiger partial charge in [-0.25, -0.2) is 4.39 Å². The second kappa shape index (κ2) is 5.78. The van der Waals surface area contributed by atoms with E-state index in [-0.39, 0.29) is 11.6 Å². The van der Waals surface area contributed by atoms with Crippen molar-refractivity contribution >= 4 is 23.0 Å². The van der Waals surface area contributed by atoms with Crippen LogP contribution in [0.15, 0.2) is 12.1 Å². The first-order chi connectivity index (χ1) is 7.15. The van der Waals surface area contributed by atoms with Gasteiger partial charge in [0.05, 0.1) is 16.4 Å². The van der Waals surface area contributed by atoms with Gasteiger partial charge in [-0.05, 0) is 18.9 Å². The number of hydrogen-bond donors (Lipinski definition) is 3. The van der Waals surface area contributed by atoms with Crippen molar-refractivity contribution in [3.05, 3.63) is 23.0 Å². The maximum atomic E-state index is 12.9. The van der Waals surface area contributed by atoms with E-state index in [0.29, 0.717) is 17.9 Å². The van der Waals surface area contributed by atoms with Crippen molar-refractivity contribution in [1.82, 2.24) is 0 Å². The maximum absolute atomic E-state index is 12.9. The number of hydrogen-bond acceptors (Lipinski definition) is 3. The summed E-state index contributed by atoms with van der Waals surface area (Å²) in [6.45, 7) is 0.841. The molecule has 0 aliphatic carbocycles. The summed E-state index contributed by atoms with van der Waals surface area (Å²) in [4.78, 5) is 0. The van der Waals surface area contributed by atoms with Crippen LogP contribution in [0.4, 0.5) is 15.8 Å². The van der Waals surface area contributed by atoms with Gasteiger partial charge in [0.15, 0.2) is 0 Å². The minimum atomic E-state index is -0.518. The first-order valence-corrected chi connectivity index (χ1v) is 5.12. The largest absolute Gasteiger partial charge is 0.397 e. The van der Waals surface area contributed by atoms with Gasteiger partial charge < -0.3 is 16.2 Å². The molecule has 0 heterocycles. The molecule has 0 radical (unpaired) electrons. The molecule has 0 amide bonds. The second-order valence-electron chi connectivity index (χ2n) is 3.21. The van der Waals surface area contributed by atoms with Crippen LogP contribution in [-0.2, 0) is 0 Å². The molecule has 0 fully saturated rings. The van der Waals surface area contributed by atoms with E-state index in [1.807, 2.05) is 0 Å². The molecule has 0 unspecified atom stereocenters. The Morgan fingerprint density at radius 2 is 2.13 bits per heavy atom. The molecule has 0 saturated heterocycles. The van der Waals surface area contributed by atoms with Crippen LogP contribution >= 0.6 is 11.6 Å². The van der Waals surface area contributed by atoms with Crippen molar-refractivity contribution in [2.24, 2.45) is 0 Å². The molecule has 1 aromatic rings. The number of halogens is 2. The Kier molecular flexibility index (Phi) is 4.65. The van der Waals surface area contributed by atoms with Crippen molar-refractivity contribution in [3.8, 4) is 0 Å². The normalized spacial score (nSPS) is 10.3. The summed E-state index contributed by atoms with van der Waals surface area (Å²) in [5.74, 6) is -0.518. The van der Waals surface area contributed by atoms with Crippen LogP contribution in [-0.4, -0.2) is 18.3 Å². The Bertz CT molecular complexity index is 333. The van der Waals surface area contributed by atoms with Crippen LogP contribution in [0.25, 0.3) is 0 Å². The molecule has 0 spiro atoms. The number of aliphatic hydroxyl groups is 1. The third-order valence-corrected chi connectivity index (χ3v) is 2.28. The van der Waals surface area contributed by atoms with Gasteiger partial charge in [-0.1, -0.05) is 11.6 Å². The summed E-state index contributed by atoms with van der Waals surface area (Å²) in [6.07, 6.45) is 1.55. The molecule has 15 heavy (non-hydrogen) atoms. The lowest BCUT2D eigenvalue weighted by Gasteiger charge is -2.09. The number of nitrogens with two attached hydrogens (primary N) is 1. The predicted octanol–water partition coefficient (Wildman–Crippen LogP) is 2.25. The number of nitrogen functional groups attached to an aromatic ring is 1. The standard InChI is InChI=1S/C10H14ClFN2O/c11-7-5-10(9(13)6-8(7)12)14-3-1-2-4-15/h5-6,14-15H,1-4,13H2. The average molecular weight is 233 g/mol. The van der Waals surface area contributed by atoms with Crippen molar-refractivity contribution in [1.29, 1.82) is 0 Å². The van der Waals surface area contributed by atoms with Gasteiger partial charge >= 0.3 is 0 Å². The quantitative estimate of drug-likeness (QED) is 0.539. The van der Waals surface area contributed by atoms with E-state index in [4.69, 9.17) is 22.4 Å². The minimum Gasteiger partial charge on any atom is -0.397 e. The Labute approximate surface area is 93.0 Å². The number of unbranched alkanes of at least 4 members (excludes halogenated alkanes) is 1. The number of nitrogens with one attached hydrogen (secondary N) is 1. The van der Waals surface area contributed by atoms with E-state index in [2.05, 4.69) is 5.32 Å². The lowest BCUT2D eigenvalue weighted by molar-refractivity contribution is 0.286. The van der Waals surface area contributed by atoms with Crippen molar-refractivity contribution in [2.45, 2.75) is 12.8 Å². The number of anilines is 2.